The van der Waals surface area contributed by atoms with Crippen LogP contribution in [-0.4, -0.2) is 60.4 Å². The van der Waals surface area contributed by atoms with Crippen LogP contribution in [-0.2, 0) is 20.9 Å². The summed E-state index contributed by atoms with van der Waals surface area (Å²) in [6, 6.07) is 8.29. The van der Waals surface area contributed by atoms with E-state index in [9.17, 15) is 4.79 Å². The van der Waals surface area contributed by atoms with E-state index < -0.39 is 0 Å². The maximum absolute atomic E-state index is 9.57. The molecular weight excluding hydrogens is 448 g/mol. The van der Waals surface area contributed by atoms with E-state index in [-0.39, 0.29) is 11.8 Å². The maximum Gasteiger partial charge on any atom is 0.224 e. The average molecular weight is 487 g/mol. The van der Waals surface area contributed by atoms with E-state index in [1.807, 2.05) is 20.8 Å². The Morgan fingerprint density at radius 3 is 2.29 bits per heavy atom. The lowest BCUT2D eigenvalue weighted by Crippen LogP contribution is -2.17. The summed E-state index contributed by atoms with van der Waals surface area (Å²) in [4.78, 5) is 36.4. The number of aromatic nitrogens is 4. The van der Waals surface area contributed by atoms with Crippen molar-refractivity contribution in [2.75, 3.05) is 43.7 Å². The molecule has 0 aliphatic heterocycles. The number of fused-ring (bicyclic) bond motifs is 1. The van der Waals surface area contributed by atoms with Crippen molar-refractivity contribution in [2.45, 2.75) is 40.2 Å². The molecular formula is C24H38N8O3. The van der Waals surface area contributed by atoms with Crippen LogP contribution in [0.1, 0.15) is 37.9 Å². The molecule has 0 radical (unpaired) electrons. The van der Waals surface area contributed by atoms with Gasteiger partial charge in [0.05, 0.1) is 18.4 Å². The monoisotopic (exact) mass is 486 g/mol. The highest BCUT2D eigenvalue weighted by Crippen LogP contribution is 2.18. The van der Waals surface area contributed by atoms with Gasteiger partial charge in [0.2, 0.25) is 12.4 Å². The molecule has 0 fully saturated rings. The number of nitrogens with two attached hydrogens (primary N) is 2. The van der Waals surface area contributed by atoms with Gasteiger partial charge in [0.15, 0.2) is 17.0 Å². The quantitative estimate of drug-likeness (QED) is 0.318. The van der Waals surface area contributed by atoms with Gasteiger partial charge in [-0.1, -0.05) is 31.0 Å². The molecule has 3 rings (SSSR count). The minimum absolute atomic E-state index is 0.101. The fourth-order valence-corrected chi connectivity index (χ4v) is 2.53. The van der Waals surface area contributed by atoms with Gasteiger partial charge in [-0.25, -0.2) is 9.97 Å². The van der Waals surface area contributed by atoms with Crippen molar-refractivity contribution in [3.63, 3.8) is 0 Å². The second-order valence-corrected chi connectivity index (χ2v) is 7.20. The topological polar surface area (TPSA) is 162 Å². The minimum Gasteiger partial charge on any atom is -0.385 e. The van der Waals surface area contributed by atoms with E-state index in [1.54, 1.807) is 13.3 Å². The van der Waals surface area contributed by atoms with Gasteiger partial charge in [-0.3, -0.25) is 4.79 Å². The van der Waals surface area contributed by atoms with E-state index in [4.69, 9.17) is 16.3 Å². The van der Waals surface area contributed by atoms with E-state index in [0.29, 0.717) is 17.7 Å². The van der Waals surface area contributed by atoms with Gasteiger partial charge in [-0.05, 0) is 32.4 Å². The molecule has 0 aliphatic carbocycles. The molecule has 2 heterocycles. The number of hydrogen-bond donors (Lipinski definition) is 3. The highest BCUT2D eigenvalue weighted by Gasteiger charge is 2.09. The first-order valence-corrected chi connectivity index (χ1v) is 11.1. The highest BCUT2D eigenvalue weighted by atomic mass is 16.5. The Labute approximate surface area is 207 Å². The van der Waals surface area contributed by atoms with Gasteiger partial charge in [0.1, 0.15) is 6.79 Å². The number of ether oxygens (including phenoxy) is 1. The van der Waals surface area contributed by atoms with Crippen LogP contribution in [0.15, 0.2) is 30.5 Å². The Morgan fingerprint density at radius 1 is 1.11 bits per heavy atom. The highest BCUT2D eigenvalue weighted by molar-refractivity contribution is 5.81. The van der Waals surface area contributed by atoms with Crippen LogP contribution in [0.4, 0.5) is 17.5 Å². The Balaban J connectivity index is 0.000000744. The summed E-state index contributed by atoms with van der Waals surface area (Å²) >= 11 is 0. The summed E-state index contributed by atoms with van der Waals surface area (Å²) in [6.07, 6.45) is 4.63. The van der Waals surface area contributed by atoms with Gasteiger partial charge in [0.25, 0.3) is 0 Å². The lowest BCUT2D eigenvalue weighted by Gasteiger charge is -2.19. The molecule has 0 saturated carbocycles. The third-order valence-electron chi connectivity index (χ3n) is 4.42. The number of aryl methyl sites for hydroxylation is 1. The van der Waals surface area contributed by atoms with Gasteiger partial charge < -0.3 is 31.2 Å². The summed E-state index contributed by atoms with van der Waals surface area (Å²) in [5.41, 5.74) is 15.4. The molecule has 5 N–H and O–H groups in total. The third-order valence-corrected chi connectivity index (χ3v) is 4.42. The smallest absolute Gasteiger partial charge is 0.224 e. The zero-order valence-electron chi connectivity index (χ0n) is 21.3. The molecule has 192 valence electrons. The molecule has 1 aromatic carbocycles. The van der Waals surface area contributed by atoms with Crippen molar-refractivity contribution in [2.24, 2.45) is 0 Å². The molecule has 3 aromatic rings. The van der Waals surface area contributed by atoms with Crippen LogP contribution >= 0.6 is 0 Å². The number of hydrogen-bond acceptors (Lipinski definition) is 10. The molecule has 0 atom stereocenters. The number of unbranched alkanes of at least 4 members (excludes halogenated alkanes) is 1. The number of amides is 1. The number of rotatable bonds is 8. The molecule has 35 heavy (non-hydrogen) atoms. The fourth-order valence-electron chi connectivity index (χ4n) is 2.53. The summed E-state index contributed by atoms with van der Waals surface area (Å²) in [7, 11) is 3.68. The summed E-state index contributed by atoms with van der Waals surface area (Å²) in [5, 5.41) is 2.57. The molecule has 0 saturated heterocycles. The first-order valence-electron chi connectivity index (χ1n) is 11.1. The normalized spacial score (nSPS) is 9.40. The second-order valence-electron chi connectivity index (χ2n) is 7.20. The van der Waals surface area contributed by atoms with Crippen molar-refractivity contribution in [3.05, 3.63) is 41.7 Å². The fraction of sp³-hybridized carbons (Fsp3) is 0.417. The molecule has 1 amide bonds. The number of benzene rings is 1. The van der Waals surface area contributed by atoms with Crippen molar-refractivity contribution < 1.29 is 14.3 Å². The number of nitrogens with zero attached hydrogens (tertiary/aromatic N) is 5. The summed E-state index contributed by atoms with van der Waals surface area (Å²) in [5.74, 6) is 0.346. The Hall–Kier alpha value is -3.86. The second kappa shape index (κ2) is 18.6. The van der Waals surface area contributed by atoms with Crippen LogP contribution in [0.2, 0.25) is 0 Å². The van der Waals surface area contributed by atoms with Crippen molar-refractivity contribution in [1.29, 1.82) is 0 Å². The lowest BCUT2D eigenvalue weighted by molar-refractivity contribution is -0.109. The zero-order valence-corrected chi connectivity index (χ0v) is 21.3. The molecule has 0 aliphatic rings. The first kappa shape index (κ1) is 31.1. The number of anilines is 3. The summed E-state index contributed by atoms with van der Waals surface area (Å²) in [6.45, 7) is 10.4. The summed E-state index contributed by atoms with van der Waals surface area (Å²) < 4.78 is 4.54. The maximum atomic E-state index is 9.57. The number of methoxy groups -OCH3 is 1. The van der Waals surface area contributed by atoms with E-state index in [0.717, 1.165) is 43.8 Å². The minimum atomic E-state index is 0.101. The molecule has 2 aromatic heterocycles. The van der Waals surface area contributed by atoms with Crippen molar-refractivity contribution in [1.82, 2.24) is 25.3 Å². The van der Waals surface area contributed by atoms with E-state index >= 15 is 0 Å². The first-order chi connectivity index (χ1) is 16.9. The van der Waals surface area contributed by atoms with E-state index in [1.165, 1.54) is 5.56 Å². The van der Waals surface area contributed by atoms with Crippen LogP contribution in [0.25, 0.3) is 11.2 Å². The number of nitrogen functional groups attached to an aromatic ring is 2. The third kappa shape index (κ3) is 12.2. The van der Waals surface area contributed by atoms with Gasteiger partial charge in [-0.15, -0.1) is 0 Å². The van der Waals surface area contributed by atoms with Gasteiger partial charge in [0, 0.05) is 33.0 Å². The van der Waals surface area contributed by atoms with Crippen LogP contribution < -0.4 is 21.7 Å². The van der Waals surface area contributed by atoms with Gasteiger partial charge >= 0.3 is 0 Å². The average Bonchev–Trinajstić information content (AvgIpc) is 2.87. The molecule has 11 nitrogen and oxygen atoms in total. The predicted molar refractivity (Wildman–Crippen MR) is 141 cm³/mol. The van der Waals surface area contributed by atoms with Crippen LogP contribution in [0.3, 0.4) is 0 Å². The standard InChI is InChI=1S/C15H17N7.C5H11NO.C3H8O.CH2O/c1-9-3-5-11(6-4-9)22(2)8-10-7-18-14-12(19-10)13(16)20-15(17)21-14;1-2-3-4-6-5-7;1-3-4-2;1-2/h3-7H,8H2,1-2H3,(H4,16,17,18,20,21);5H,2-4H2,1H3,(H,6,7);3H2,1-2H3;1H2. The molecule has 11 heteroatoms. The largest absolute Gasteiger partial charge is 0.385 e. The number of carbonyl (C=O) groups excluding carboxylic acids is 2. The molecule has 0 bridgehead atoms. The zero-order chi connectivity index (χ0) is 26.6. The molecule has 0 unspecified atom stereocenters. The Morgan fingerprint density at radius 2 is 1.74 bits per heavy atom. The Kier molecular flexibility index (Phi) is 16.5. The number of carbonyl (C=O) groups is 2. The van der Waals surface area contributed by atoms with Crippen LogP contribution in [0.5, 0.6) is 0 Å². The predicted octanol–water partition coefficient (Wildman–Crippen LogP) is 2.53. The Bertz CT molecular complexity index is 984. The van der Waals surface area contributed by atoms with Crippen molar-refractivity contribution in [3.8, 4) is 0 Å². The van der Waals surface area contributed by atoms with Crippen molar-refractivity contribution >= 4 is 41.8 Å². The van der Waals surface area contributed by atoms with E-state index in [2.05, 4.69) is 73.0 Å². The SMILES string of the molecule is C=O.CCCCNC=O.CCOC.Cc1ccc(N(C)Cc2cnc3nc(N)nc(N)c3n2)cc1. The van der Waals surface area contributed by atoms with Gasteiger partial charge in [-0.2, -0.15) is 9.97 Å². The van der Waals surface area contributed by atoms with Crippen LogP contribution in [0, 0.1) is 6.92 Å². The number of nitrogens with one attached hydrogen (secondary N) is 1. The molecule has 0 spiro atoms. The lowest BCUT2D eigenvalue weighted by atomic mass is 10.2.